The van der Waals surface area contributed by atoms with E-state index in [1.165, 1.54) is 24.8 Å². The lowest BCUT2D eigenvalue weighted by Gasteiger charge is -2.26. The lowest BCUT2D eigenvalue weighted by Crippen LogP contribution is -2.50. The largest absolute Gasteiger partial charge is 0.480 e. The monoisotopic (exact) mass is 483 g/mol. The standard InChI is InChI=1S/C27H41N5O3/c33-26(24-4-2-14-32(24)18-19-5-6-19)30-23(27(34)35)12-16-31-15-11-20(17-31)7-9-22-10-8-21-3-1-13-28-25(21)29-22/h8,10,19-20,23-24H,1-7,9,11-18H2,(H,28,29)(H,30,33)(H,34,35)/t20-,23+,24+/m1/s1. The van der Waals surface area contributed by atoms with Gasteiger partial charge in [-0.1, -0.05) is 6.07 Å². The fourth-order valence-electron chi connectivity index (χ4n) is 6.02. The van der Waals surface area contributed by atoms with E-state index in [0.29, 0.717) is 18.9 Å². The molecule has 1 saturated carbocycles. The molecule has 8 nitrogen and oxygen atoms in total. The number of pyridine rings is 1. The summed E-state index contributed by atoms with van der Waals surface area (Å²) in [6.07, 6.45) is 10.4. The SMILES string of the molecule is O=C(O)[C@H](CCN1CC[C@@H](CCc2ccc3c(n2)NCCC3)C1)NC(=O)[C@@H]1CCCN1CC1CC1. The van der Waals surface area contributed by atoms with E-state index in [0.717, 1.165) is 88.7 Å². The van der Waals surface area contributed by atoms with Crippen LogP contribution < -0.4 is 10.6 Å². The van der Waals surface area contributed by atoms with Crippen LogP contribution in [0.5, 0.6) is 0 Å². The molecule has 2 saturated heterocycles. The average Bonchev–Trinajstić information content (AvgIpc) is 3.35. The first-order chi connectivity index (χ1) is 17.0. The summed E-state index contributed by atoms with van der Waals surface area (Å²) in [6.45, 7) is 5.67. The molecule has 1 aromatic rings. The number of carbonyl (C=O) groups is 2. The number of aromatic nitrogens is 1. The number of hydrogen-bond acceptors (Lipinski definition) is 6. The number of likely N-dealkylation sites (tertiary alicyclic amines) is 2. The maximum absolute atomic E-state index is 12.9. The van der Waals surface area contributed by atoms with Gasteiger partial charge in [0.05, 0.1) is 6.04 Å². The lowest BCUT2D eigenvalue weighted by atomic mass is 10.00. The van der Waals surface area contributed by atoms with Gasteiger partial charge in [-0.05, 0) is 101 Å². The Balaban J connectivity index is 1.05. The third-order valence-corrected chi connectivity index (χ3v) is 8.34. The normalized spacial score (nSPS) is 25.7. The summed E-state index contributed by atoms with van der Waals surface area (Å²) in [5.41, 5.74) is 2.49. The van der Waals surface area contributed by atoms with Gasteiger partial charge in [-0.3, -0.25) is 9.69 Å². The molecule has 1 aromatic heterocycles. The highest BCUT2D eigenvalue weighted by molar-refractivity contribution is 5.87. The molecule has 192 valence electrons. The summed E-state index contributed by atoms with van der Waals surface area (Å²) >= 11 is 0. The Hall–Kier alpha value is -2.19. The first-order valence-corrected chi connectivity index (χ1v) is 13.8. The first kappa shape index (κ1) is 24.5. The molecule has 3 atom stereocenters. The second-order valence-electron chi connectivity index (χ2n) is 11.1. The van der Waals surface area contributed by atoms with Gasteiger partial charge in [0, 0.05) is 31.9 Å². The molecule has 0 unspecified atom stereocenters. The molecule has 1 amide bonds. The van der Waals surface area contributed by atoms with Crippen LogP contribution in [0.25, 0.3) is 0 Å². The number of carboxylic acids is 1. The van der Waals surface area contributed by atoms with Gasteiger partial charge >= 0.3 is 5.97 Å². The molecule has 3 aliphatic heterocycles. The Labute approximate surface area is 208 Å². The van der Waals surface area contributed by atoms with Crippen molar-refractivity contribution in [2.45, 2.75) is 76.3 Å². The van der Waals surface area contributed by atoms with E-state index in [4.69, 9.17) is 4.98 Å². The van der Waals surface area contributed by atoms with Crippen LogP contribution in [0.1, 0.15) is 62.6 Å². The zero-order chi connectivity index (χ0) is 24.2. The minimum Gasteiger partial charge on any atom is -0.480 e. The maximum Gasteiger partial charge on any atom is 0.326 e. The van der Waals surface area contributed by atoms with Crippen molar-refractivity contribution < 1.29 is 14.7 Å². The van der Waals surface area contributed by atoms with Gasteiger partial charge in [-0.15, -0.1) is 0 Å². The number of carbonyl (C=O) groups excluding carboxylic acids is 1. The number of fused-ring (bicyclic) bond motifs is 1. The Bertz CT molecular complexity index is 905. The van der Waals surface area contributed by atoms with Crippen LogP contribution >= 0.6 is 0 Å². The van der Waals surface area contributed by atoms with Crippen molar-refractivity contribution in [1.82, 2.24) is 20.1 Å². The number of nitrogens with zero attached hydrogens (tertiary/aromatic N) is 3. The van der Waals surface area contributed by atoms with E-state index >= 15 is 0 Å². The summed E-state index contributed by atoms with van der Waals surface area (Å²) < 4.78 is 0. The van der Waals surface area contributed by atoms with E-state index in [-0.39, 0.29) is 11.9 Å². The minimum absolute atomic E-state index is 0.0955. The second-order valence-corrected chi connectivity index (χ2v) is 11.1. The first-order valence-electron chi connectivity index (χ1n) is 13.8. The van der Waals surface area contributed by atoms with Gasteiger partial charge in [0.2, 0.25) is 5.91 Å². The molecule has 8 heteroatoms. The van der Waals surface area contributed by atoms with E-state index in [1.807, 2.05) is 0 Å². The van der Waals surface area contributed by atoms with Crippen molar-refractivity contribution in [3.63, 3.8) is 0 Å². The summed E-state index contributed by atoms with van der Waals surface area (Å²) in [6, 6.07) is 3.44. The zero-order valence-corrected chi connectivity index (χ0v) is 20.9. The number of aliphatic carboxylic acids is 1. The topological polar surface area (TPSA) is 97.8 Å². The third-order valence-electron chi connectivity index (χ3n) is 8.34. The van der Waals surface area contributed by atoms with Crippen molar-refractivity contribution in [2.75, 3.05) is 44.6 Å². The lowest BCUT2D eigenvalue weighted by molar-refractivity contribution is -0.142. The second kappa shape index (κ2) is 11.2. The molecule has 0 spiro atoms. The number of aryl methyl sites for hydroxylation is 2. The molecular formula is C27H41N5O3. The third kappa shape index (κ3) is 6.53. The summed E-state index contributed by atoms with van der Waals surface area (Å²) in [5.74, 6) is 1.40. The van der Waals surface area contributed by atoms with Crippen molar-refractivity contribution in [2.24, 2.45) is 11.8 Å². The number of carboxylic acid groups (broad SMARTS) is 1. The smallest absolute Gasteiger partial charge is 0.326 e. The number of nitrogens with one attached hydrogen (secondary N) is 2. The number of hydrogen-bond donors (Lipinski definition) is 3. The van der Waals surface area contributed by atoms with Gasteiger partial charge in [0.1, 0.15) is 11.9 Å². The summed E-state index contributed by atoms with van der Waals surface area (Å²) in [4.78, 5) is 34.2. The van der Waals surface area contributed by atoms with Gasteiger partial charge in [0.25, 0.3) is 0 Å². The van der Waals surface area contributed by atoms with Crippen molar-refractivity contribution in [3.05, 3.63) is 23.4 Å². The Morgan fingerprint density at radius 3 is 2.86 bits per heavy atom. The van der Waals surface area contributed by atoms with Crippen molar-refractivity contribution in [1.29, 1.82) is 0 Å². The molecule has 1 aliphatic carbocycles. The Kier molecular flexibility index (Phi) is 7.88. The van der Waals surface area contributed by atoms with Crippen LogP contribution in [-0.4, -0.2) is 83.1 Å². The summed E-state index contributed by atoms with van der Waals surface area (Å²) in [5, 5.41) is 16.0. The van der Waals surface area contributed by atoms with E-state index in [1.54, 1.807) is 0 Å². The highest BCUT2D eigenvalue weighted by atomic mass is 16.4. The van der Waals surface area contributed by atoms with E-state index in [2.05, 4.69) is 32.6 Å². The molecule has 0 aromatic carbocycles. The average molecular weight is 484 g/mol. The van der Waals surface area contributed by atoms with Crippen molar-refractivity contribution >= 4 is 17.7 Å². The quantitative estimate of drug-likeness (QED) is 0.445. The molecular weight excluding hydrogens is 442 g/mol. The molecule has 0 bridgehead atoms. The maximum atomic E-state index is 12.9. The Morgan fingerprint density at radius 1 is 1.14 bits per heavy atom. The van der Waals surface area contributed by atoms with Gasteiger partial charge in [-0.2, -0.15) is 0 Å². The predicted octanol–water partition coefficient (Wildman–Crippen LogP) is 2.53. The van der Waals surface area contributed by atoms with E-state index in [9.17, 15) is 14.7 Å². The highest BCUT2D eigenvalue weighted by Gasteiger charge is 2.36. The number of amides is 1. The molecule has 5 rings (SSSR count). The highest BCUT2D eigenvalue weighted by Crippen LogP contribution is 2.32. The minimum atomic E-state index is -0.923. The van der Waals surface area contributed by atoms with Crippen LogP contribution in [0.3, 0.4) is 0 Å². The number of anilines is 1. The fourth-order valence-corrected chi connectivity index (χ4v) is 6.02. The van der Waals surface area contributed by atoms with Crippen LogP contribution in [0.4, 0.5) is 5.82 Å². The van der Waals surface area contributed by atoms with E-state index < -0.39 is 12.0 Å². The molecule has 35 heavy (non-hydrogen) atoms. The Morgan fingerprint density at radius 2 is 2.03 bits per heavy atom. The molecule has 0 radical (unpaired) electrons. The summed E-state index contributed by atoms with van der Waals surface area (Å²) in [7, 11) is 0. The van der Waals surface area contributed by atoms with Gasteiger partial charge in [-0.25, -0.2) is 9.78 Å². The van der Waals surface area contributed by atoms with Crippen LogP contribution in [-0.2, 0) is 22.4 Å². The van der Waals surface area contributed by atoms with Gasteiger partial charge in [0.15, 0.2) is 0 Å². The van der Waals surface area contributed by atoms with Crippen molar-refractivity contribution in [3.8, 4) is 0 Å². The molecule has 3 N–H and O–H groups in total. The fraction of sp³-hybridized carbons (Fsp3) is 0.741. The molecule has 4 aliphatic rings. The number of rotatable bonds is 11. The zero-order valence-electron chi connectivity index (χ0n) is 20.9. The molecule has 3 fully saturated rings. The van der Waals surface area contributed by atoms with Crippen LogP contribution in [0.2, 0.25) is 0 Å². The predicted molar refractivity (Wildman–Crippen MR) is 135 cm³/mol. The van der Waals surface area contributed by atoms with Gasteiger partial charge < -0.3 is 20.6 Å². The molecule has 4 heterocycles. The van der Waals surface area contributed by atoms with Crippen LogP contribution in [0.15, 0.2) is 12.1 Å². The van der Waals surface area contributed by atoms with Crippen LogP contribution in [0, 0.1) is 11.8 Å².